The fourth-order valence-electron chi connectivity index (χ4n) is 2.91. The SMILES string of the molecule is CC(C)(O)c1ccc2c(c1)Nc1cc(Nc3ccncn3)ccc1C(=O)N2. The van der Waals surface area contributed by atoms with Crippen molar-refractivity contribution in [3.05, 3.63) is 66.1 Å². The molecule has 2 aromatic carbocycles. The van der Waals surface area contributed by atoms with Gasteiger partial charge >= 0.3 is 0 Å². The van der Waals surface area contributed by atoms with Gasteiger partial charge in [0.2, 0.25) is 0 Å². The Labute approximate surface area is 156 Å². The number of nitrogens with one attached hydrogen (secondary N) is 3. The molecule has 0 fully saturated rings. The summed E-state index contributed by atoms with van der Waals surface area (Å²) in [5.74, 6) is 0.466. The van der Waals surface area contributed by atoms with E-state index in [4.69, 9.17) is 0 Å². The third-order valence-corrected chi connectivity index (χ3v) is 4.36. The van der Waals surface area contributed by atoms with Crippen LogP contribution >= 0.6 is 0 Å². The summed E-state index contributed by atoms with van der Waals surface area (Å²) in [7, 11) is 0. The molecule has 0 spiro atoms. The number of carbonyl (C=O) groups is 1. The van der Waals surface area contributed by atoms with Crippen LogP contribution < -0.4 is 16.0 Å². The molecule has 27 heavy (non-hydrogen) atoms. The molecule has 1 aliphatic rings. The number of benzene rings is 2. The van der Waals surface area contributed by atoms with Crippen LogP contribution in [0.5, 0.6) is 0 Å². The first kappa shape index (κ1) is 17.0. The van der Waals surface area contributed by atoms with Gasteiger partial charge in [-0.1, -0.05) is 6.07 Å². The van der Waals surface area contributed by atoms with Gasteiger partial charge in [0.1, 0.15) is 12.1 Å². The van der Waals surface area contributed by atoms with Crippen molar-refractivity contribution in [3.63, 3.8) is 0 Å². The lowest BCUT2D eigenvalue weighted by Gasteiger charge is -2.20. The van der Waals surface area contributed by atoms with Gasteiger partial charge in [0, 0.05) is 11.9 Å². The molecule has 4 rings (SSSR count). The minimum Gasteiger partial charge on any atom is -0.386 e. The molecule has 0 aliphatic carbocycles. The average molecular weight is 361 g/mol. The van der Waals surface area contributed by atoms with Gasteiger partial charge in [-0.05, 0) is 55.8 Å². The molecule has 0 unspecified atom stereocenters. The van der Waals surface area contributed by atoms with E-state index in [1.165, 1.54) is 6.33 Å². The first-order chi connectivity index (χ1) is 12.9. The molecule has 0 atom stereocenters. The predicted molar refractivity (Wildman–Crippen MR) is 105 cm³/mol. The number of anilines is 5. The first-order valence-electron chi connectivity index (χ1n) is 8.52. The average Bonchev–Trinajstić information content (AvgIpc) is 2.76. The number of fused-ring (bicyclic) bond motifs is 2. The molecular weight excluding hydrogens is 342 g/mol. The van der Waals surface area contributed by atoms with Crippen molar-refractivity contribution >= 4 is 34.5 Å². The van der Waals surface area contributed by atoms with E-state index in [9.17, 15) is 9.90 Å². The summed E-state index contributed by atoms with van der Waals surface area (Å²) in [6, 6.07) is 12.6. The van der Waals surface area contributed by atoms with Crippen molar-refractivity contribution in [3.8, 4) is 0 Å². The standard InChI is InChI=1S/C20H19N5O2/c1-20(2,27)12-3-6-15-17(9-12)24-16-10-13(4-5-14(16)19(26)25-15)23-18-7-8-21-11-22-18/h3-11,24,27H,1-2H3,(H,25,26)(H,21,22,23). The lowest BCUT2D eigenvalue weighted by atomic mass is 9.97. The van der Waals surface area contributed by atoms with Crippen LogP contribution in [0.3, 0.4) is 0 Å². The van der Waals surface area contributed by atoms with Gasteiger partial charge < -0.3 is 21.1 Å². The molecule has 7 nitrogen and oxygen atoms in total. The molecule has 4 N–H and O–H groups in total. The monoisotopic (exact) mass is 361 g/mol. The van der Waals surface area contributed by atoms with Crippen LogP contribution in [0.4, 0.5) is 28.6 Å². The maximum absolute atomic E-state index is 12.6. The molecule has 136 valence electrons. The third kappa shape index (κ3) is 3.45. The van der Waals surface area contributed by atoms with Gasteiger partial charge in [-0.2, -0.15) is 0 Å². The first-order valence-corrected chi connectivity index (χ1v) is 8.52. The fraction of sp³-hybridized carbons (Fsp3) is 0.150. The molecule has 0 bridgehead atoms. The van der Waals surface area contributed by atoms with E-state index in [1.54, 1.807) is 44.3 Å². The molecule has 1 aromatic heterocycles. The Morgan fingerprint density at radius 3 is 2.59 bits per heavy atom. The normalized spacial score (nSPS) is 12.9. The Hall–Kier alpha value is -3.45. The molecule has 7 heteroatoms. The Bertz CT molecular complexity index is 1010. The number of nitrogens with zero attached hydrogens (tertiary/aromatic N) is 2. The Kier molecular flexibility index (Phi) is 4.01. The molecular formula is C20H19N5O2. The minimum atomic E-state index is -0.980. The molecule has 0 saturated carbocycles. The number of hydrogen-bond acceptors (Lipinski definition) is 6. The second kappa shape index (κ2) is 6.37. The highest BCUT2D eigenvalue weighted by Gasteiger charge is 2.22. The largest absolute Gasteiger partial charge is 0.386 e. The smallest absolute Gasteiger partial charge is 0.257 e. The van der Waals surface area contributed by atoms with Gasteiger partial charge in [0.25, 0.3) is 5.91 Å². The van der Waals surface area contributed by atoms with Crippen LogP contribution in [0.2, 0.25) is 0 Å². The lowest BCUT2D eigenvalue weighted by molar-refractivity contribution is 0.0787. The summed E-state index contributed by atoms with van der Waals surface area (Å²) < 4.78 is 0. The lowest BCUT2D eigenvalue weighted by Crippen LogP contribution is -2.16. The number of carbonyl (C=O) groups excluding carboxylic acids is 1. The van der Waals surface area contributed by atoms with E-state index < -0.39 is 5.60 Å². The van der Waals surface area contributed by atoms with E-state index in [0.717, 1.165) is 16.9 Å². The van der Waals surface area contributed by atoms with Crippen molar-refractivity contribution < 1.29 is 9.90 Å². The number of rotatable bonds is 3. The zero-order valence-corrected chi connectivity index (χ0v) is 14.9. The Balaban J connectivity index is 1.72. The van der Waals surface area contributed by atoms with E-state index in [1.807, 2.05) is 18.2 Å². The summed E-state index contributed by atoms with van der Waals surface area (Å²) in [5, 5.41) is 19.7. The van der Waals surface area contributed by atoms with E-state index in [0.29, 0.717) is 22.8 Å². The summed E-state index contributed by atoms with van der Waals surface area (Å²) in [4.78, 5) is 20.6. The van der Waals surface area contributed by atoms with Crippen LogP contribution in [0.25, 0.3) is 0 Å². The van der Waals surface area contributed by atoms with Gasteiger partial charge in [-0.3, -0.25) is 4.79 Å². The number of hydrogen-bond donors (Lipinski definition) is 4. The van der Waals surface area contributed by atoms with E-state index in [-0.39, 0.29) is 5.91 Å². The highest BCUT2D eigenvalue weighted by atomic mass is 16.3. The second-order valence-electron chi connectivity index (χ2n) is 6.88. The third-order valence-electron chi connectivity index (χ3n) is 4.36. The van der Waals surface area contributed by atoms with E-state index in [2.05, 4.69) is 25.9 Å². The minimum absolute atomic E-state index is 0.194. The molecule has 0 saturated heterocycles. The van der Waals surface area contributed by atoms with Crippen LogP contribution in [0.15, 0.2) is 55.0 Å². The predicted octanol–water partition coefficient (Wildman–Crippen LogP) is 3.76. The van der Waals surface area contributed by atoms with E-state index >= 15 is 0 Å². The molecule has 1 amide bonds. The maximum Gasteiger partial charge on any atom is 0.257 e. The highest BCUT2D eigenvalue weighted by molar-refractivity contribution is 6.12. The van der Waals surface area contributed by atoms with Crippen LogP contribution in [-0.4, -0.2) is 21.0 Å². The highest BCUT2D eigenvalue weighted by Crippen LogP contribution is 2.36. The molecule has 3 aromatic rings. The Morgan fingerprint density at radius 2 is 1.85 bits per heavy atom. The van der Waals surface area contributed by atoms with Crippen LogP contribution in [-0.2, 0) is 5.60 Å². The van der Waals surface area contributed by atoms with Gasteiger partial charge in [-0.15, -0.1) is 0 Å². The maximum atomic E-state index is 12.6. The Morgan fingerprint density at radius 1 is 1.00 bits per heavy atom. The van der Waals surface area contributed by atoms with Gasteiger partial charge in [-0.25, -0.2) is 9.97 Å². The van der Waals surface area contributed by atoms with Crippen molar-refractivity contribution in [1.82, 2.24) is 9.97 Å². The molecule has 1 aliphatic heterocycles. The fourth-order valence-corrected chi connectivity index (χ4v) is 2.91. The van der Waals surface area contributed by atoms with Crippen molar-refractivity contribution in [2.24, 2.45) is 0 Å². The molecule has 2 heterocycles. The van der Waals surface area contributed by atoms with Gasteiger partial charge in [0.15, 0.2) is 0 Å². The zero-order valence-electron chi connectivity index (χ0n) is 14.9. The molecule has 0 radical (unpaired) electrons. The summed E-state index contributed by atoms with van der Waals surface area (Å²) in [6.07, 6.45) is 3.12. The van der Waals surface area contributed by atoms with Crippen LogP contribution in [0, 0.1) is 0 Å². The summed E-state index contributed by atoms with van der Waals surface area (Å²) in [6.45, 7) is 3.45. The zero-order chi connectivity index (χ0) is 19.0. The van der Waals surface area contributed by atoms with Crippen LogP contribution in [0.1, 0.15) is 29.8 Å². The van der Waals surface area contributed by atoms with Crippen molar-refractivity contribution in [2.75, 3.05) is 16.0 Å². The van der Waals surface area contributed by atoms with Crippen molar-refractivity contribution in [1.29, 1.82) is 0 Å². The van der Waals surface area contributed by atoms with Gasteiger partial charge in [0.05, 0.1) is 28.2 Å². The number of amides is 1. The summed E-state index contributed by atoms with van der Waals surface area (Å²) in [5.41, 5.74) is 3.14. The quantitative estimate of drug-likeness (QED) is 0.567. The van der Waals surface area contributed by atoms with Crippen molar-refractivity contribution in [2.45, 2.75) is 19.4 Å². The summed E-state index contributed by atoms with van der Waals surface area (Å²) >= 11 is 0. The topological polar surface area (TPSA) is 99.2 Å². The number of aromatic nitrogens is 2. The number of aliphatic hydroxyl groups is 1. The second-order valence-corrected chi connectivity index (χ2v) is 6.88.